The van der Waals surface area contributed by atoms with Crippen molar-refractivity contribution in [3.05, 3.63) is 23.5 Å². The molecule has 1 aliphatic heterocycles. The lowest BCUT2D eigenvalue weighted by atomic mass is 10.2. The van der Waals surface area contributed by atoms with Gasteiger partial charge < -0.3 is 9.30 Å². The van der Waals surface area contributed by atoms with Gasteiger partial charge in [-0.25, -0.2) is 0 Å². The number of rotatable bonds is 6. The lowest BCUT2D eigenvalue weighted by Crippen LogP contribution is -2.12. The number of nitrogens with zero attached hydrogens (tertiary/aromatic N) is 1. The number of esters is 1. The highest BCUT2D eigenvalue weighted by atomic mass is 79.9. The van der Waals surface area contributed by atoms with E-state index in [4.69, 9.17) is 4.74 Å². The molecule has 2 rings (SSSR count). The SMILES string of the molecule is O=C(Cc1ccc2n1CCC2)OCCCCBr. The summed E-state index contributed by atoms with van der Waals surface area (Å²) in [6, 6.07) is 4.18. The van der Waals surface area contributed by atoms with Gasteiger partial charge in [0.05, 0.1) is 13.0 Å². The summed E-state index contributed by atoms with van der Waals surface area (Å²) in [5.74, 6) is -0.104. The molecule has 1 aliphatic rings. The highest BCUT2D eigenvalue weighted by Crippen LogP contribution is 2.19. The number of carbonyl (C=O) groups is 1. The lowest BCUT2D eigenvalue weighted by molar-refractivity contribution is -0.143. The first-order valence-corrected chi connectivity index (χ1v) is 7.32. The van der Waals surface area contributed by atoms with Gasteiger partial charge in [-0.2, -0.15) is 0 Å². The molecule has 0 aromatic carbocycles. The van der Waals surface area contributed by atoms with E-state index in [1.165, 1.54) is 12.1 Å². The van der Waals surface area contributed by atoms with E-state index >= 15 is 0 Å². The molecule has 2 heterocycles. The second-order valence-corrected chi connectivity index (χ2v) is 5.16. The largest absolute Gasteiger partial charge is 0.465 e. The van der Waals surface area contributed by atoms with Crippen LogP contribution in [0.5, 0.6) is 0 Å². The molecule has 0 atom stereocenters. The third-order valence-electron chi connectivity index (χ3n) is 3.09. The van der Waals surface area contributed by atoms with Crippen LogP contribution in [-0.2, 0) is 28.9 Å². The average Bonchev–Trinajstić information content (AvgIpc) is 2.89. The third-order valence-corrected chi connectivity index (χ3v) is 3.65. The predicted molar refractivity (Wildman–Crippen MR) is 70.4 cm³/mol. The Morgan fingerprint density at radius 3 is 3.12 bits per heavy atom. The van der Waals surface area contributed by atoms with Gasteiger partial charge in [-0.15, -0.1) is 0 Å². The number of ether oxygens (including phenoxy) is 1. The van der Waals surface area contributed by atoms with Crippen LogP contribution >= 0.6 is 15.9 Å². The standard InChI is InChI=1S/C13H18BrNO2/c14-7-1-2-9-17-13(16)10-12-6-5-11-4-3-8-15(11)12/h5-6H,1-4,7-10H2. The van der Waals surface area contributed by atoms with Crippen LogP contribution in [0.2, 0.25) is 0 Å². The van der Waals surface area contributed by atoms with Gasteiger partial charge in [-0.3, -0.25) is 4.79 Å². The fourth-order valence-corrected chi connectivity index (χ4v) is 2.61. The van der Waals surface area contributed by atoms with Crippen molar-refractivity contribution in [2.45, 2.75) is 38.6 Å². The van der Waals surface area contributed by atoms with E-state index in [1.807, 2.05) is 6.07 Å². The molecule has 0 saturated carbocycles. The minimum absolute atomic E-state index is 0.104. The summed E-state index contributed by atoms with van der Waals surface area (Å²) in [4.78, 5) is 11.6. The van der Waals surface area contributed by atoms with E-state index in [1.54, 1.807) is 0 Å². The van der Waals surface area contributed by atoms with Crippen LogP contribution in [0, 0.1) is 0 Å². The number of aryl methyl sites for hydroxylation is 1. The molecule has 3 nitrogen and oxygen atoms in total. The first-order valence-electron chi connectivity index (χ1n) is 6.20. The fraction of sp³-hybridized carbons (Fsp3) is 0.615. The number of hydrogen-bond donors (Lipinski definition) is 0. The Balaban J connectivity index is 1.78. The first-order chi connectivity index (χ1) is 8.31. The highest BCUT2D eigenvalue weighted by Gasteiger charge is 2.16. The second kappa shape index (κ2) is 6.24. The van der Waals surface area contributed by atoms with Crippen LogP contribution in [0.3, 0.4) is 0 Å². The number of aromatic nitrogens is 1. The molecule has 4 heteroatoms. The van der Waals surface area contributed by atoms with E-state index in [0.717, 1.165) is 36.8 Å². The smallest absolute Gasteiger partial charge is 0.311 e. The molecule has 1 aromatic rings. The van der Waals surface area contributed by atoms with Gasteiger partial charge in [0.15, 0.2) is 0 Å². The minimum Gasteiger partial charge on any atom is -0.465 e. The van der Waals surface area contributed by atoms with Gasteiger partial charge >= 0.3 is 5.97 Å². The number of alkyl halides is 1. The van der Waals surface area contributed by atoms with Crippen LogP contribution in [0.15, 0.2) is 12.1 Å². The van der Waals surface area contributed by atoms with Crippen LogP contribution < -0.4 is 0 Å². The summed E-state index contributed by atoms with van der Waals surface area (Å²) in [5, 5.41) is 0.969. The Hall–Kier alpha value is -0.770. The van der Waals surface area contributed by atoms with Crippen molar-refractivity contribution in [2.24, 2.45) is 0 Å². The average molecular weight is 300 g/mol. The summed E-state index contributed by atoms with van der Waals surface area (Å²) in [6.45, 7) is 1.59. The van der Waals surface area contributed by atoms with Gasteiger partial charge in [0.1, 0.15) is 0 Å². The molecule has 0 N–H and O–H groups in total. The Labute approximate surface area is 110 Å². The summed E-state index contributed by atoms with van der Waals surface area (Å²) in [6.07, 6.45) is 4.73. The maximum Gasteiger partial charge on any atom is 0.311 e. The van der Waals surface area contributed by atoms with Crippen LogP contribution in [-0.4, -0.2) is 22.5 Å². The monoisotopic (exact) mass is 299 g/mol. The van der Waals surface area contributed by atoms with E-state index in [9.17, 15) is 4.79 Å². The molecule has 0 spiro atoms. The Morgan fingerprint density at radius 2 is 2.29 bits per heavy atom. The number of carbonyl (C=O) groups excluding carboxylic acids is 1. The van der Waals surface area contributed by atoms with Crippen molar-refractivity contribution in [3.63, 3.8) is 0 Å². The molecule has 17 heavy (non-hydrogen) atoms. The number of hydrogen-bond acceptors (Lipinski definition) is 2. The zero-order valence-electron chi connectivity index (χ0n) is 9.95. The van der Waals surface area contributed by atoms with Crippen molar-refractivity contribution < 1.29 is 9.53 Å². The molecule has 0 fully saturated rings. The van der Waals surface area contributed by atoms with Crippen LogP contribution in [0.1, 0.15) is 30.7 Å². The fourth-order valence-electron chi connectivity index (χ4n) is 2.22. The quantitative estimate of drug-likeness (QED) is 0.459. The van der Waals surface area contributed by atoms with Crippen LogP contribution in [0.4, 0.5) is 0 Å². The van der Waals surface area contributed by atoms with E-state index in [2.05, 4.69) is 26.6 Å². The second-order valence-electron chi connectivity index (χ2n) is 4.36. The summed E-state index contributed by atoms with van der Waals surface area (Å²) in [7, 11) is 0. The number of unbranched alkanes of at least 4 members (excludes halogenated alkanes) is 1. The van der Waals surface area contributed by atoms with Crippen LogP contribution in [0.25, 0.3) is 0 Å². The minimum atomic E-state index is -0.104. The molecular formula is C13H18BrNO2. The van der Waals surface area contributed by atoms with Gasteiger partial charge in [-0.05, 0) is 37.8 Å². The highest BCUT2D eigenvalue weighted by molar-refractivity contribution is 9.09. The Kier molecular flexibility index (Phi) is 4.66. The molecule has 0 amide bonds. The first kappa shape index (κ1) is 12.7. The van der Waals surface area contributed by atoms with Crippen molar-refractivity contribution in [1.82, 2.24) is 4.57 Å². The normalized spacial score (nSPS) is 13.7. The molecule has 1 aromatic heterocycles. The molecule has 94 valence electrons. The van der Waals surface area contributed by atoms with E-state index < -0.39 is 0 Å². The van der Waals surface area contributed by atoms with Gasteiger partial charge in [0, 0.05) is 23.3 Å². The molecule has 0 aliphatic carbocycles. The topological polar surface area (TPSA) is 31.2 Å². The van der Waals surface area contributed by atoms with E-state index in [-0.39, 0.29) is 5.97 Å². The molecule has 0 unspecified atom stereocenters. The third kappa shape index (κ3) is 3.35. The molecule has 0 bridgehead atoms. The summed E-state index contributed by atoms with van der Waals surface area (Å²) >= 11 is 3.36. The molecular weight excluding hydrogens is 282 g/mol. The van der Waals surface area contributed by atoms with Gasteiger partial charge in [0.2, 0.25) is 0 Å². The number of fused-ring (bicyclic) bond motifs is 1. The lowest BCUT2D eigenvalue weighted by Gasteiger charge is -2.06. The number of halogens is 1. The van der Waals surface area contributed by atoms with Crippen molar-refractivity contribution >= 4 is 21.9 Å². The summed E-state index contributed by atoms with van der Waals surface area (Å²) in [5.41, 5.74) is 2.45. The Morgan fingerprint density at radius 1 is 1.41 bits per heavy atom. The van der Waals surface area contributed by atoms with Crippen molar-refractivity contribution in [1.29, 1.82) is 0 Å². The summed E-state index contributed by atoms with van der Waals surface area (Å²) < 4.78 is 7.45. The maximum absolute atomic E-state index is 11.6. The van der Waals surface area contributed by atoms with E-state index in [0.29, 0.717) is 13.0 Å². The molecule has 0 radical (unpaired) electrons. The van der Waals surface area contributed by atoms with Crippen molar-refractivity contribution in [2.75, 3.05) is 11.9 Å². The predicted octanol–water partition coefficient (Wildman–Crippen LogP) is 2.70. The maximum atomic E-state index is 11.6. The van der Waals surface area contributed by atoms with Crippen molar-refractivity contribution in [3.8, 4) is 0 Å². The van der Waals surface area contributed by atoms with Gasteiger partial charge in [-0.1, -0.05) is 15.9 Å². The Bertz CT molecular complexity index is 387. The van der Waals surface area contributed by atoms with Gasteiger partial charge in [0.25, 0.3) is 0 Å². The zero-order valence-corrected chi connectivity index (χ0v) is 11.5. The molecule has 0 saturated heterocycles. The zero-order chi connectivity index (χ0) is 12.1.